The molecule has 0 atom stereocenters. The summed E-state index contributed by atoms with van der Waals surface area (Å²) < 4.78 is 5.37. The van der Waals surface area contributed by atoms with Gasteiger partial charge in [0.15, 0.2) is 0 Å². The first kappa shape index (κ1) is 12.5. The third kappa shape index (κ3) is 1.97. The number of rotatable bonds is 1. The maximum Gasteiger partial charge on any atom is 0.344 e. The number of anilines is 1. The fraction of sp³-hybridized carbons (Fsp3) is 0.118. The Hall–Kier alpha value is -2.55. The van der Waals surface area contributed by atoms with Crippen molar-refractivity contribution < 1.29 is 4.42 Å². The molecule has 1 aromatic heterocycles. The van der Waals surface area contributed by atoms with E-state index in [9.17, 15) is 4.79 Å². The third-order valence-electron chi connectivity index (χ3n) is 3.46. The van der Waals surface area contributed by atoms with Gasteiger partial charge in [-0.3, -0.25) is 0 Å². The molecule has 3 aromatic rings. The van der Waals surface area contributed by atoms with Crippen molar-refractivity contribution in [3.8, 4) is 11.1 Å². The normalized spacial score (nSPS) is 10.9. The average Bonchev–Trinajstić information content (AvgIpc) is 2.42. The number of benzene rings is 2. The first-order valence-electron chi connectivity index (χ1n) is 6.46. The monoisotopic (exact) mass is 265 g/mol. The summed E-state index contributed by atoms with van der Waals surface area (Å²) in [6.45, 7) is 3.92. The highest BCUT2D eigenvalue weighted by Gasteiger charge is 2.12. The van der Waals surface area contributed by atoms with Gasteiger partial charge < -0.3 is 10.2 Å². The van der Waals surface area contributed by atoms with E-state index in [-0.39, 0.29) is 5.63 Å². The van der Waals surface area contributed by atoms with Crippen LogP contribution in [-0.4, -0.2) is 0 Å². The van der Waals surface area contributed by atoms with Gasteiger partial charge in [0, 0.05) is 16.6 Å². The van der Waals surface area contributed by atoms with Gasteiger partial charge in [0.05, 0.1) is 5.56 Å². The van der Waals surface area contributed by atoms with Gasteiger partial charge in [-0.15, -0.1) is 0 Å². The molecule has 1 heterocycles. The summed E-state index contributed by atoms with van der Waals surface area (Å²) >= 11 is 0. The van der Waals surface area contributed by atoms with E-state index in [0.717, 1.165) is 22.1 Å². The number of fused-ring (bicyclic) bond motifs is 1. The second-order valence-electron chi connectivity index (χ2n) is 5.03. The lowest BCUT2D eigenvalue weighted by molar-refractivity contribution is 0.563. The van der Waals surface area contributed by atoms with Crippen molar-refractivity contribution in [2.45, 2.75) is 13.8 Å². The van der Waals surface area contributed by atoms with E-state index in [1.54, 1.807) is 6.07 Å². The predicted octanol–water partition coefficient (Wildman–Crippen LogP) is 3.66. The van der Waals surface area contributed by atoms with Crippen LogP contribution in [0, 0.1) is 13.8 Å². The molecular weight excluding hydrogens is 250 g/mol. The largest absolute Gasteiger partial charge is 0.422 e. The van der Waals surface area contributed by atoms with Gasteiger partial charge in [-0.05, 0) is 37.6 Å². The lowest BCUT2D eigenvalue weighted by Gasteiger charge is -2.10. The van der Waals surface area contributed by atoms with Crippen LogP contribution in [0.5, 0.6) is 0 Å². The van der Waals surface area contributed by atoms with Crippen molar-refractivity contribution in [2.75, 3.05) is 5.73 Å². The summed E-state index contributed by atoms with van der Waals surface area (Å²) in [5.74, 6) is 0. The summed E-state index contributed by atoms with van der Waals surface area (Å²) in [6.07, 6.45) is 0. The predicted molar refractivity (Wildman–Crippen MR) is 81.8 cm³/mol. The van der Waals surface area contributed by atoms with Crippen LogP contribution in [0.4, 0.5) is 5.69 Å². The van der Waals surface area contributed by atoms with Crippen molar-refractivity contribution in [1.29, 1.82) is 0 Å². The topological polar surface area (TPSA) is 56.2 Å². The first-order valence-corrected chi connectivity index (χ1v) is 6.46. The maximum atomic E-state index is 12.2. The van der Waals surface area contributed by atoms with E-state index in [1.807, 2.05) is 50.2 Å². The average molecular weight is 265 g/mol. The zero-order valence-electron chi connectivity index (χ0n) is 11.4. The fourth-order valence-corrected chi connectivity index (χ4v) is 2.45. The molecule has 100 valence electrons. The van der Waals surface area contributed by atoms with Crippen LogP contribution in [0.15, 0.2) is 51.7 Å². The van der Waals surface area contributed by atoms with Gasteiger partial charge in [0.2, 0.25) is 0 Å². The summed E-state index contributed by atoms with van der Waals surface area (Å²) in [7, 11) is 0. The summed E-state index contributed by atoms with van der Waals surface area (Å²) in [5.41, 5.74) is 10.2. The van der Waals surface area contributed by atoms with Crippen LogP contribution < -0.4 is 11.4 Å². The standard InChI is InChI=1S/C17H15NO2/c1-10-7-11(2)16(18)13(8-10)14-9-12-5-3-4-6-15(12)20-17(14)19/h3-9H,18H2,1-2H3. The molecule has 0 saturated carbocycles. The fourth-order valence-electron chi connectivity index (χ4n) is 2.45. The van der Waals surface area contributed by atoms with Crippen molar-refractivity contribution in [3.05, 3.63) is 64.0 Å². The zero-order chi connectivity index (χ0) is 14.3. The highest BCUT2D eigenvalue weighted by Crippen LogP contribution is 2.29. The first-order chi connectivity index (χ1) is 9.56. The Labute approximate surface area is 116 Å². The van der Waals surface area contributed by atoms with E-state index in [4.69, 9.17) is 10.2 Å². The smallest absolute Gasteiger partial charge is 0.344 e. The number of hydrogen-bond acceptors (Lipinski definition) is 3. The summed E-state index contributed by atoms with van der Waals surface area (Å²) in [4.78, 5) is 12.2. The molecule has 0 bridgehead atoms. The second-order valence-corrected chi connectivity index (χ2v) is 5.03. The Balaban J connectivity index is 2.35. The minimum atomic E-state index is -0.361. The molecule has 0 unspecified atom stereocenters. The molecule has 20 heavy (non-hydrogen) atoms. The minimum Gasteiger partial charge on any atom is -0.422 e. The molecular formula is C17H15NO2. The SMILES string of the molecule is Cc1cc(C)c(N)c(-c2cc3ccccc3oc2=O)c1. The van der Waals surface area contributed by atoms with Gasteiger partial charge in [-0.1, -0.05) is 29.8 Å². The Morgan fingerprint density at radius 3 is 2.55 bits per heavy atom. The van der Waals surface area contributed by atoms with Crippen LogP contribution >= 0.6 is 0 Å². The van der Waals surface area contributed by atoms with E-state index in [1.165, 1.54) is 0 Å². The van der Waals surface area contributed by atoms with Crippen molar-refractivity contribution in [2.24, 2.45) is 0 Å². The lowest BCUT2D eigenvalue weighted by atomic mass is 9.98. The Bertz CT molecular complexity index is 862. The van der Waals surface area contributed by atoms with Crippen molar-refractivity contribution in [1.82, 2.24) is 0 Å². The number of aryl methyl sites for hydroxylation is 2. The molecule has 0 spiro atoms. The highest BCUT2D eigenvalue weighted by molar-refractivity contribution is 5.85. The van der Waals surface area contributed by atoms with E-state index in [0.29, 0.717) is 16.8 Å². The zero-order valence-corrected chi connectivity index (χ0v) is 11.4. The molecule has 2 aromatic carbocycles. The number of hydrogen-bond donors (Lipinski definition) is 1. The Kier molecular flexibility index (Phi) is 2.83. The number of nitrogens with two attached hydrogens (primary N) is 1. The molecule has 0 saturated heterocycles. The summed E-state index contributed by atoms with van der Waals surface area (Å²) in [5, 5.41) is 0.889. The van der Waals surface area contributed by atoms with E-state index in [2.05, 4.69) is 0 Å². The molecule has 0 aliphatic carbocycles. The molecule has 0 radical (unpaired) electrons. The van der Waals surface area contributed by atoms with Gasteiger partial charge in [-0.2, -0.15) is 0 Å². The van der Waals surface area contributed by atoms with Gasteiger partial charge >= 0.3 is 5.63 Å². The molecule has 0 aliphatic rings. The molecule has 0 aliphatic heterocycles. The van der Waals surface area contributed by atoms with Crippen molar-refractivity contribution in [3.63, 3.8) is 0 Å². The minimum absolute atomic E-state index is 0.361. The van der Waals surface area contributed by atoms with Crippen LogP contribution in [0.3, 0.4) is 0 Å². The summed E-state index contributed by atoms with van der Waals surface area (Å²) in [6, 6.07) is 13.2. The Morgan fingerprint density at radius 1 is 1.00 bits per heavy atom. The molecule has 0 amide bonds. The molecule has 3 heteroatoms. The number of para-hydroxylation sites is 1. The quantitative estimate of drug-likeness (QED) is 0.539. The molecule has 3 rings (SSSR count). The molecule has 0 fully saturated rings. The van der Waals surface area contributed by atoms with Gasteiger partial charge in [-0.25, -0.2) is 4.79 Å². The van der Waals surface area contributed by atoms with E-state index < -0.39 is 0 Å². The van der Waals surface area contributed by atoms with E-state index >= 15 is 0 Å². The van der Waals surface area contributed by atoms with Gasteiger partial charge in [0.25, 0.3) is 0 Å². The van der Waals surface area contributed by atoms with Crippen LogP contribution in [0.2, 0.25) is 0 Å². The molecule has 2 N–H and O–H groups in total. The van der Waals surface area contributed by atoms with Crippen LogP contribution in [-0.2, 0) is 0 Å². The van der Waals surface area contributed by atoms with Crippen LogP contribution in [0.25, 0.3) is 22.1 Å². The number of nitrogen functional groups attached to an aromatic ring is 1. The Morgan fingerprint density at radius 2 is 1.75 bits per heavy atom. The molecule has 3 nitrogen and oxygen atoms in total. The van der Waals surface area contributed by atoms with Crippen molar-refractivity contribution >= 4 is 16.7 Å². The third-order valence-corrected chi connectivity index (χ3v) is 3.46. The second kappa shape index (κ2) is 4.53. The highest BCUT2D eigenvalue weighted by atomic mass is 16.4. The lowest BCUT2D eigenvalue weighted by Crippen LogP contribution is -2.05. The maximum absolute atomic E-state index is 12.2. The van der Waals surface area contributed by atoms with Gasteiger partial charge in [0.1, 0.15) is 5.58 Å². The van der Waals surface area contributed by atoms with Crippen LogP contribution in [0.1, 0.15) is 11.1 Å².